The monoisotopic (exact) mass is 257 g/mol. The van der Waals surface area contributed by atoms with E-state index in [-0.39, 0.29) is 11.5 Å². The molecule has 0 spiro atoms. The van der Waals surface area contributed by atoms with Crippen LogP contribution in [0.2, 0.25) is 0 Å². The van der Waals surface area contributed by atoms with Crippen LogP contribution in [0.15, 0.2) is 42.5 Å². The number of hydrogen-bond donors (Lipinski definition) is 1. The average Bonchev–Trinajstić information content (AvgIpc) is 2.41. The number of para-hydroxylation sites is 1. The van der Waals surface area contributed by atoms with E-state index < -0.39 is 17.3 Å². The second kappa shape index (κ2) is 5.19. The molecule has 0 radical (unpaired) electrons. The SMILES string of the molecule is N#Cc1ccccc1Oc1ccc(F)c(C(=O)O)c1. The summed E-state index contributed by atoms with van der Waals surface area (Å²) in [5, 5.41) is 17.7. The van der Waals surface area contributed by atoms with Crippen LogP contribution in [0.4, 0.5) is 4.39 Å². The first-order chi connectivity index (χ1) is 9.11. The molecule has 0 saturated carbocycles. The van der Waals surface area contributed by atoms with Crippen molar-refractivity contribution in [2.24, 2.45) is 0 Å². The van der Waals surface area contributed by atoms with Gasteiger partial charge < -0.3 is 9.84 Å². The number of hydrogen-bond acceptors (Lipinski definition) is 3. The maximum Gasteiger partial charge on any atom is 0.338 e. The summed E-state index contributed by atoms with van der Waals surface area (Å²) in [6, 6.07) is 11.8. The highest BCUT2D eigenvalue weighted by Crippen LogP contribution is 2.26. The first-order valence-electron chi connectivity index (χ1n) is 5.31. The summed E-state index contributed by atoms with van der Waals surface area (Å²) in [5.74, 6) is -1.78. The fourth-order valence-corrected chi connectivity index (χ4v) is 1.51. The zero-order valence-electron chi connectivity index (χ0n) is 9.63. The van der Waals surface area contributed by atoms with Gasteiger partial charge in [-0.25, -0.2) is 9.18 Å². The Kier molecular flexibility index (Phi) is 3.44. The molecule has 0 aliphatic carbocycles. The summed E-state index contributed by atoms with van der Waals surface area (Å²) in [5.41, 5.74) is -0.171. The van der Waals surface area contributed by atoms with Crippen molar-refractivity contribution in [1.82, 2.24) is 0 Å². The van der Waals surface area contributed by atoms with Gasteiger partial charge in [0.15, 0.2) is 0 Å². The standard InChI is InChI=1S/C14H8FNO3/c15-12-6-5-10(7-11(12)14(17)18)19-13-4-2-1-3-9(13)8-16/h1-7H,(H,17,18). The van der Waals surface area contributed by atoms with E-state index in [1.165, 1.54) is 6.07 Å². The van der Waals surface area contributed by atoms with Gasteiger partial charge in [0.05, 0.1) is 11.1 Å². The van der Waals surface area contributed by atoms with Gasteiger partial charge in [0.25, 0.3) is 0 Å². The minimum atomic E-state index is -1.38. The third kappa shape index (κ3) is 2.69. The summed E-state index contributed by atoms with van der Waals surface area (Å²) < 4.78 is 18.6. The van der Waals surface area contributed by atoms with Crippen molar-refractivity contribution >= 4 is 5.97 Å². The van der Waals surface area contributed by atoms with E-state index in [1.807, 2.05) is 6.07 Å². The lowest BCUT2D eigenvalue weighted by Crippen LogP contribution is -2.00. The van der Waals surface area contributed by atoms with E-state index in [0.29, 0.717) is 5.56 Å². The van der Waals surface area contributed by atoms with Crippen LogP contribution in [0, 0.1) is 17.1 Å². The molecule has 0 aromatic heterocycles. The number of benzene rings is 2. The minimum absolute atomic E-state index is 0.154. The number of halogens is 1. The van der Waals surface area contributed by atoms with Crippen molar-refractivity contribution in [1.29, 1.82) is 5.26 Å². The van der Waals surface area contributed by atoms with Gasteiger partial charge in [-0.15, -0.1) is 0 Å². The predicted molar refractivity (Wildman–Crippen MR) is 64.6 cm³/mol. The number of nitrogens with zero attached hydrogens (tertiary/aromatic N) is 1. The molecule has 19 heavy (non-hydrogen) atoms. The van der Waals surface area contributed by atoms with Crippen molar-refractivity contribution < 1.29 is 19.0 Å². The molecule has 5 heteroatoms. The van der Waals surface area contributed by atoms with Crippen LogP contribution in [0.3, 0.4) is 0 Å². The number of carbonyl (C=O) groups is 1. The van der Waals surface area contributed by atoms with E-state index >= 15 is 0 Å². The zero-order chi connectivity index (χ0) is 13.8. The molecule has 0 unspecified atom stereocenters. The van der Waals surface area contributed by atoms with E-state index in [0.717, 1.165) is 12.1 Å². The predicted octanol–water partition coefficient (Wildman–Crippen LogP) is 3.19. The van der Waals surface area contributed by atoms with E-state index in [4.69, 9.17) is 15.1 Å². The molecule has 0 aliphatic rings. The Balaban J connectivity index is 2.37. The molecule has 0 aliphatic heterocycles. The van der Waals surface area contributed by atoms with Crippen LogP contribution < -0.4 is 4.74 Å². The van der Waals surface area contributed by atoms with Crippen LogP contribution in [0.5, 0.6) is 11.5 Å². The maximum absolute atomic E-state index is 13.2. The van der Waals surface area contributed by atoms with Crippen molar-refractivity contribution in [3.63, 3.8) is 0 Å². The second-order valence-corrected chi connectivity index (χ2v) is 3.66. The number of rotatable bonds is 3. The third-order valence-electron chi connectivity index (χ3n) is 2.40. The molecule has 0 amide bonds. The lowest BCUT2D eigenvalue weighted by atomic mass is 10.2. The lowest BCUT2D eigenvalue weighted by Gasteiger charge is -2.08. The maximum atomic E-state index is 13.2. The summed E-state index contributed by atoms with van der Waals surface area (Å²) in [6.07, 6.45) is 0. The molecule has 0 saturated heterocycles. The lowest BCUT2D eigenvalue weighted by molar-refractivity contribution is 0.0691. The quantitative estimate of drug-likeness (QED) is 0.916. The largest absolute Gasteiger partial charge is 0.478 e. The Morgan fingerprint density at radius 2 is 2.00 bits per heavy atom. The fourth-order valence-electron chi connectivity index (χ4n) is 1.51. The highest BCUT2D eigenvalue weighted by Gasteiger charge is 2.12. The van der Waals surface area contributed by atoms with Gasteiger partial charge in [-0.05, 0) is 30.3 Å². The van der Waals surface area contributed by atoms with Crippen molar-refractivity contribution in [3.8, 4) is 17.6 Å². The van der Waals surface area contributed by atoms with Gasteiger partial charge in [0.2, 0.25) is 0 Å². The minimum Gasteiger partial charge on any atom is -0.478 e. The first-order valence-corrected chi connectivity index (χ1v) is 5.31. The van der Waals surface area contributed by atoms with Crippen LogP contribution in [0.1, 0.15) is 15.9 Å². The molecule has 1 N–H and O–H groups in total. The first kappa shape index (κ1) is 12.6. The molecule has 0 atom stereocenters. The molecule has 2 rings (SSSR count). The molecule has 2 aromatic carbocycles. The zero-order valence-corrected chi connectivity index (χ0v) is 9.63. The van der Waals surface area contributed by atoms with Crippen LogP contribution in [-0.2, 0) is 0 Å². The van der Waals surface area contributed by atoms with Gasteiger partial charge in [0.1, 0.15) is 23.4 Å². The van der Waals surface area contributed by atoms with Crippen LogP contribution in [-0.4, -0.2) is 11.1 Å². The van der Waals surface area contributed by atoms with Crippen molar-refractivity contribution in [2.45, 2.75) is 0 Å². The highest BCUT2D eigenvalue weighted by atomic mass is 19.1. The summed E-state index contributed by atoms with van der Waals surface area (Å²) >= 11 is 0. The Hall–Kier alpha value is -2.87. The van der Waals surface area contributed by atoms with Crippen molar-refractivity contribution in [3.05, 3.63) is 59.4 Å². The normalized spacial score (nSPS) is 9.68. The number of ether oxygens (including phenoxy) is 1. The van der Waals surface area contributed by atoms with Gasteiger partial charge in [0, 0.05) is 0 Å². The number of carboxylic acid groups (broad SMARTS) is 1. The highest BCUT2D eigenvalue weighted by molar-refractivity contribution is 5.88. The van der Waals surface area contributed by atoms with E-state index in [9.17, 15) is 9.18 Å². The molecular weight excluding hydrogens is 249 g/mol. The Morgan fingerprint density at radius 3 is 2.68 bits per heavy atom. The van der Waals surface area contributed by atoms with Crippen molar-refractivity contribution in [2.75, 3.05) is 0 Å². The number of nitriles is 1. The summed E-state index contributed by atoms with van der Waals surface area (Å²) in [7, 11) is 0. The summed E-state index contributed by atoms with van der Waals surface area (Å²) in [4.78, 5) is 10.8. The van der Waals surface area contributed by atoms with E-state index in [1.54, 1.807) is 24.3 Å². The molecular formula is C14H8FNO3. The molecule has 94 valence electrons. The van der Waals surface area contributed by atoms with E-state index in [2.05, 4.69) is 0 Å². The molecule has 4 nitrogen and oxygen atoms in total. The van der Waals surface area contributed by atoms with Gasteiger partial charge in [-0.1, -0.05) is 12.1 Å². The number of aromatic carboxylic acids is 1. The van der Waals surface area contributed by atoms with Gasteiger partial charge in [-0.2, -0.15) is 5.26 Å². The smallest absolute Gasteiger partial charge is 0.338 e. The number of carboxylic acids is 1. The molecule has 2 aromatic rings. The van der Waals surface area contributed by atoms with Crippen LogP contribution >= 0.6 is 0 Å². The molecule has 0 heterocycles. The fraction of sp³-hybridized carbons (Fsp3) is 0. The Bertz CT molecular complexity index is 677. The molecule has 0 fully saturated rings. The van der Waals surface area contributed by atoms with Gasteiger partial charge >= 0.3 is 5.97 Å². The Morgan fingerprint density at radius 1 is 1.26 bits per heavy atom. The second-order valence-electron chi connectivity index (χ2n) is 3.66. The topological polar surface area (TPSA) is 70.3 Å². The molecule has 0 bridgehead atoms. The van der Waals surface area contributed by atoms with Crippen LogP contribution in [0.25, 0.3) is 0 Å². The third-order valence-corrected chi connectivity index (χ3v) is 2.40. The average molecular weight is 257 g/mol. The van der Waals surface area contributed by atoms with Gasteiger partial charge in [-0.3, -0.25) is 0 Å². The Labute approximate surface area is 108 Å². The summed E-state index contributed by atoms with van der Waals surface area (Å²) in [6.45, 7) is 0.